The number of fused-ring (bicyclic) bond motifs is 2. The van der Waals surface area contributed by atoms with E-state index in [1.807, 2.05) is 0 Å². The molecule has 10 heavy (non-hydrogen) atoms. The van der Waals surface area contributed by atoms with Crippen molar-refractivity contribution in [2.45, 2.75) is 51.2 Å². The number of hydrogen-bond donors (Lipinski definition) is 0. The van der Waals surface area contributed by atoms with E-state index in [2.05, 4.69) is 6.92 Å². The van der Waals surface area contributed by atoms with Gasteiger partial charge in [-0.2, -0.15) is 0 Å². The van der Waals surface area contributed by atoms with Crippen LogP contribution >= 0.6 is 0 Å². The summed E-state index contributed by atoms with van der Waals surface area (Å²) < 4.78 is 5.64. The second-order valence-electron chi connectivity index (χ2n) is 3.66. The van der Waals surface area contributed by atoms with Crippen molar-refractivity contribution in [3.63, 3.8) is 0 Å². The molecule has 2 saturated heterocycles. The summed E-state index contributed by atoms with van der Waals surface area (Å²) in [4.78, 5) is 0. The summed E-state index contributed by atoms with van der Waals surface area (Å²) in [7, 11) is 0. The van der Waals surface area contributed by atoms with Gasteiger partial charge in [-0.05, 0) is 25.2 Å². The highest BCUT2D eigenvalue weighted by Gasteiger charge is 2.40. The van der Waals surface area contributed by atoms with Crippen LogP contribution in [0.1, 0.15) is 39.0 Å². The highest BCUT2D eigenvalue weighted by molar-refractivity contribution is 4.89. The van der Waals surface area contributed by atoms with Crippen molar-refractivity contribution in [3.8, 4) is 0 Å². The molecule has 0 aromatic carbocycles. The zero-order valence-electron chi connectivity index (χ0n) is 6.68. The Kier molecular flexibility index (Phi) is 1.69. The topological polar surface area (TPSA) is 9.23 Å². The summed E-state index contributed by atoms with van der Waals surface area (Å²) in [5.74, 6) is 0.912. The minimum atomic E-state index is 0.665. The SMILES string of the molecule is CCCC1CCC2CC1O2. The van der Waals surface area contributed by atoms with Gasteiger partial charge in [0.15, 0.2) is 0 Å². The van der Waals surface area contributed by atoms with E-state index in [1.165, 1.54) is 32.1 Å². The normalized spacial score (nSPS) is 44.7. The zero-order valence-corrected chi connectivity index (χ0v) is 6.68. The third kappa shape index (κ3) is 0.968. The summed E-state index contributed by atoms with van der Waals surface area (Å²) in [6, 6.07) is 0. The van der Waals surface area contributed by atoms with Crippen LogP contribution in [-0.4, -0.2) is 12.2 Å². The molecule has 3 atom stereocenters. The first-order chi connectivity index (χ1) is 4.90. The Hall–Kier alpha value is -0.0400. The maximum absolute atomic E-state index is 5.64. The third-order valence-electron chi connectivity index (χ3n) is 2.91. The van der Waals surface area contributed by atoms with Gasteiger partial charge in [0, 0.05) is 6.42 Å². The number of hydrogen-bond acceptors (Lipinski definition) is 1. The second kappa shape index (κ2) is 2.54. The summed E-state index contributed by atoms with van der Waals surface area (Å²) >= 11 is 0. The lowest BCUT2D eigenvalue weighted by atomic mass is 9.78. The van der Waals surface area contributed by atoms with Crippen LogP contribution in [-0.2, 0) is 4.74 Å². The van der Waals surface area contributed by atoms with Gasteiger partial charge in [-0.15, -0.1) is 0 Å². The van der Waals surface area contributed by atoms with E-state index in [0.29, 0.717) is 12.2 Å². The average Bonchev–Trinajstić information content (AvgIpc) is 1.87. The van der Waals surface area contributed by atoms with Gasteiger partial charge in [0.2, 0.25) is 0 Å². The van der Waals surface area contributed by atoms with Crippen molar-refractivity contribution in [1.82, 2.24) is 0 Å². The van der Waals surface area contributed by atoms with Gasteiger partial charge in [-0.25, -0.2) is 0 Å². The smallest absolute Gasteiger partial charge is 0.0631 e. The molecule has 0 N–H and O–H groups in total. The predicted molar refractivity (Wildman–Crippen MR) is 40.9 cm³/mol. The molecule has 0 amide bonds. The summed E-state index contributed by atoms with van der Waals surface area (Å²) in [5, 5.41) is 0. The van der Waals surface area contributed by atoms with Gasteiger partial charge in [0.25, 0.3) is 0 Å². The van der Waals surface area contributed by atoms with Crippen LogP contribution in [0.15, 0.2) is 0 Å². The van der Waals surface area contributed by atoms with Crippen molar-refractivity contribution in [1.29, 1.82) is 0 Å². The molecule has 0 aromatic rings. The van der Waals surface area contributed by atoms with Crippen LogP contribution in [0.2, 0.25) is 0 Å². The first-order valence-electron chi connectivity index (χ1n) is 4.55. The van der Waals surface area contributed by atoms with Crippen molar-refractivity contribution in [3.05, 3.63) is 0 Å². The Labute approximate surface area is 62.8 Å². The predicted octanol–water partition coefficient (Wildman–Crippen LogP) is 2.35. The standard InChI is InChI=1S/C9H16O/c1-2-3-7-4-5-8-6-9(7)10-8/h7-9H,2-6H2,1H3. The fraction of sp³-hybridized carbons (Fsp3) is 1.00. The van der Waals surface area contributed by atoms with Gasteiger partial charge in [0.05, 0.1) is 12.2 Å². The van der Waals surface area contributed by atoms with Gasteiger partial charge in [-0.3, -0.25) is 0 Å². The molecule has 2 bridgehead atoms. The van der Waals surface area contributed by atoms with E-state index in [4.69, 9.17) is 4.74 Å². The summed E-state index contributed by atoms with van der Waals surface area (Å²) in [6.45, 7) is 2.27. The molecule has 1 nitrogen and oxygen atoms in total. The van der Waals surface area contributed by atoms with Crippen molar-refractivity contribution in [2.24, 2.45) is 5.92 Å². The van der Waals surface area contributed by atoms with Gasteiger partial charge < -0.3 is 4.74 Å². The molecule has 1 saturated carbocycles. The van der Waals surface area contributed by atoms with Crippen LogP contribution in [0.5, 0.6) is 0 Å². The molecule has 3 aliphatic rings. The maximum atomic E-state index is 5.64. The Balaban J connectivity index is 1.84. The van der Waals surface area contributed by atoms with Gasteiger partial charge in [0.1, 0.15) is 0 Å². The van der Waals surface area contributed by atoms with E-state index in [0.717, 1.165) is 5.92 Å². The second-order valence-corrected chi connectivity index (χ2v) is 3.66. The van der Waals surface area contributed by atoms with Crippen LogP contribution < -0.4 is 0 Å². The number of rotatable bonds is 2. The molecule has 0 aromatic heterocycles. The van der Waals surface area contributed by atoms with Crippen LogP contribution in [0.3, 0.4) is 0 Å². The van der Waals surface area contributed by atoms with Gasteiger partial charge in [-0.1, -0.05) is 13.3 Å². The van der Waals surface area contributed by atoms with E-state index in [1.54, 1.807) is 0 Å². The van der Waals surface area contributed by atoms with Crippen molar-refractivity contribution >= 4 is 0 Å². The van der Waals surface area contributed by atoms with Crippen molar-refractivity contribution in [2.75, 3.05) is 0 Å². The molecule has 1 heteroatoms. The molecule has 0 spiro atoms. The van der Waals surface area contributed by atoms with Gasteiger partial charge >= 0.3 is 0 Å². The largest absolute Gasteiger partial charge is 0.375 e. The molecule has 58 valence electrons. The fourth-order valence-corrected chi connectivity index (χ4v) is 2.27. The maximum Gasteiger partial charge on any atom is 0.0631 e. The van der Waals surface area contributed by atoms with Crippen LogP contribution in [0, 0.1) is 5.92 Å². The monoisotopic (exact) mass is 140 g/mol. The average molecular weight is 140 g/mol. The Morgan fingerprint density at radius 2 is 2.20 bits per heavy atom. The first-order valence-corrected chi connectivity index (χ1v) is 4.55. The zero-order chi connectivity index (χ0) is 6.97. The molecular weight excluding hydrogens is 124 g/mol. The lowest BCUT2D eigenvalue weighted by molar-refractivity contribution is -0.186. The number of ether oxygens (including phenoxy) is 1. The summed E-state index contributed by atoms with van der Waals surface area (Å²) in [6.07, 6.45) is 8.18. The highest BCUT2D eigenvalue weighted by Crippen LogP contribution is 2.40. The minimum Gasteiger partial charge on any atom is -0.375 e. The fourth-order valence-electron chi connectivity index (χ4n) is 2.27. The highest BCUT2D eigenvalue weighted by atomic mass is 16.5. The molecule has 0 radical (unpaired) electrons. The van der Waals surface area contributed by atoms with Crippen LogP contribution in [0.4, 0.5) is 0 Å². The Bertz CT molecular complexity index is 111. The summed E-state index contributed by atoms with van der Waals surface area (Å²) in [5.41, 5.74) is 0. The Morgan fingerprint density at radius 1 is 1.40 bits per heavy atom. The quantitative estimate of drug-likeness (QED) is 0.572. The Morgan fingerprint density at radius 3 is 2.70 bits per heavy atom. The molecule has 3 rings (SSSR count). The van der Waals surface area contributed by atoms with E-state index in [-0.39, 0.29) is 0 Å². The van der Waals surface area contributed by atoms with E-state index < -0.39 is 0 Å². The molecule has 1 aliphatic carbocycles. The molecule has 2 aliphatic heterocycles. The third-order valence-corrected chi connectivity index (χ3v) is 2.91. The lowest BCUT2D eigenvalue weighted by Gasteiger charge is -2.46. The van der Waals surface area contributed by atoms with Crippen molar-refractivity contribution < 1.29 is 4.74 Å². The minimum absolute atomic E-state index is 0.665. The lowest BCUT2D eigenvalue weighted by Crippen LogP contribution is -2.47. The molecule has 3 unspecified atom stereocenters. The van der Waals surface area contributed by atoms with E-state index >= 15 is 0 Å². The first kappa shape index (κ1) is 6.66. The molecule has 2 heterocycles. The van der Waals surface area contributed by atoms with Crippen LogP contribution in [0.25, 0.3) is 0 Å². The molecular formula is C9H16O. The molecule has 3 fully saturated rings. The van der Waals surface area contributed by atoms with E-state index in [9.17, 15) is 0 Å².